The van der Waals surface area contributed by atoms with Crippen LogP contribution in [-0.2, 0) is 16.1 Å². The normalized spacial score (nSPS) is 13.3. The van der Waals surface area contributed by atoms with Crippen molar-refractivity contribution in [2.75, 3.05) is 31.8 Å². The molecule has 7 heteroatoms. The number of anilines is 1. The average Bonchev–Trinajstić information content (AvgIpc) is 3.10. The van der Waals surface area contributed by atoms with Crippen molar-refractivity contribution < 1.29 is 23.5 Å². The monoisotopic (exact) mass is 344 g/mol. The zero-order valence-electron chi connectivity index (χ0n) is 14.0. The van der Waals surface area contributed by atoms with E-state index in [9.17, 15) is 9.59 Å². The van der Waals surface area contributed by atoms with Gasteiger partial charge in [-0.3, -0.25) is 14.5 Å². The number of nitrogens with zero attached hydrogens (tertiary/aromatic N) is 1. The van der Waals surface area contributed by atoms with Crippen LogP contribution < -0.4 is 15.0 Å². The number of hydrogen-bond acceptors (Lipinski definition) is 5. The molecule has 0 aliphatic carbocycles. The molecule has 25 heavy (non-hydrogen) atoms. The quantitative estimate of drug-likeness (QED) is 0.777. The highest BCUT2D eigenvalue weighted by molar-refractivity contribution is 5.97. The third-order valence-corrected chi connectivity index (χ3v) is 3.82. The molecular formula is C18H20N2O5. The van der Waals surface area contributed by atoms with E-state index in [2.05, 4.69) is 5.32 Å². The largest absolute Gasteiger partial charge is 0.482 e. The Kier molecular flexibility index (Phi) is 5.35. The molecule has 2 heterocycles. The Morgan fingerprint density at radius 1 is 1.28 bits per heavy atom. The Balaban J connectivity index is 1.65. The zero-order chi connectivity index (χ0) is 17.6. The molecule has 0 fully saturated rings. The summed E-state index contributed by atoms with van der Waals surface area (Å²) in [5.41, 5.74) is 0.695. The minimum absolute atomic E-state index is 0.00936. The van der Waals surface area contributed by atoms with Gasteiger partial charge in [0, 0.05) is 20.3 Å². The molecule has 2 amide bonds. The summed E-state index contributed by atoms with van der Waals surface area (Å²) in [6.45, 7) is 1.33. The number of methoxy groups -OCH3 is 1. The van der Waals surface area contributed by atoms with Gasteiger partial charge in [0.1, 0.15) is 11.5 Å². The van der Waals surface area contributed by atoms with Crippen molar-refractivity contribution >= 4 is 17.5 Å². The first kappa shape index (κ1) is 17.0. The van der Waals surface area contributed by atoms with Gasteiger partial charge in [0.15, 0.2) is 12.4 Å². The van der Waals surface area contributed by atoms with Crippen molar-refractivity contribution in [1.29, 1.82) is 0 Å². The average molecular weight is 344 g/mol. The van der Waals surface area contributed by atoms with Crippen LogP contribution >= 0.6 is 0 Å². The Hall–Kier alpha value is -2.80. The van der Waals surface area contributed by atoms with Crippen LogP contribution in [0.2, 0.25) is 0 Å². The van der Waals surface area contributed by atoms with Gasteiger partial charge in [-0.25, -0.2) is 0 Å². The van der Waals surface area contributed by atoms with Crippen LogP contribution in [0.3, 0.4) is 0 Å². The Labute approximate surface area is 145 Å². The minimum Gasteiger partial charge on any atom is -0.482 e. The van der Waals surface area contributed by atoms with Gasteiger partial charge in [0.05, 0.1) is 12.2 Å². The third-order valence-electron chi connectivity index (χ3n) is 3.82. The maximum atomic E-state index is 12.2. The lowest BCUT2D eigenvalue weighted by Crippen LogP contribution is -2.38. The summed E-state index contributed by atoms with van der Waals surface area (Å²) in [5.74, 6) is 0.981. The summed E-state index contributed by atoms with van der Waals surface area (Å²) in [7, 11) is 1.62. The summed E-state index contributed by atoms with van der Waals surface area (Å²) >= 11 is 0. The van der Waals surface area contributed by atoms with E-state index in [0.717, 1.165) is 6.42 Å². The SMILES string of the molecule is COCCCNC(=O)c1ccc(CN2C(=O)COc3ccccc32)o1. The summed E-state index contributed by atoms with van der Waals surface area (Å²) in [4.78, 5) is 25.8. The predicted octanol–water partition coefficient (Wildman–Crippen LogP) is 1.97. The highest BCUT2D eigenvalue weighted by atomic mass is 16.5. The molecule has 1 aliphatic heterocycles. The number of furan rings is 1. The second kappa shape index (κ2) is 7.85. The number of ether oxygens (including phenoxy) is 2. The van der Waals surface area contributed by atoms with E-state index < -0.39 is 0 Å². The molecule has 0 bridgehead atoms. The van der Waals surface area contributed by atoms with Crippen molar-refractivity contribution in [3.63, 3.8) is 0 Å². The molecule has 0 saturated carbocycles. The molecule has 7 nitrogen and oxygen atoms in total. The fourth-order valence-corrected chi connectivity index (χ4v) is 2.57. The van der Waals surface area contributed by atoms with Crippen LogP contribution in [0.5, 0.6) is 5.75 Å². The number of rotatable bonds is 7. The maximum absolute atomic E-state index is 12.2. The van der Waals surface area contributed by atoms with Crippen LogP contribution in [-0.4, -0.2) is 38.7 Å². The highest BCUT2D eigenvalue weighted by Crippen LogP contribution is 2.32. The van der Waals surface area contributed by atoms with Crippen LogP contribution in [0.1, 0.15) is 22.7 Å². The van der Waals surface area contributed by atoms with Gasteiger partial charge < -0.3 is 19.2 Å². The third kappa shape index (κ3) is 4.00. The lowest BCUT2D eigenvalue weighted by Gasteiger charge is -2.28. The molecule has 0 spiro atoms. The lowest BCUT2D eigenvalue weighted by molar-refractivity contribution is -0.121. The molecule has 1 aromatic carbocycles. The topological polar surface area (TPSA) is 81.0 Å². The van der Waals surface area contributed by atoms with Gasteiger partial charge in [0.25, 0.3) is 11.8 Å². The Bertz CT molecular complexity index is 755. The van der Waals surface area contributed by atoms with E-state index in [4.69, 9.17) is 13.9 Å². The molecule has 0 atom stereocenters. The molecule has 2 aromatic rings. The Morgan fingerprint density at radius 3 is 2.96 bits per heavy atom. The molecule has 1 aromatic heterocycles. The summed E-state index contributed by atoms with van der Waals surface area (Å²) < 4.78 is 15.9. The lowest BCUT2D eigenvalue weighted by atomic mass is 10.2. The first-order valence-corrected chi connectivity index (χ1v) is 8.07. The van der Waals surface area contributed by atoms with Gasteiger partial charge in [0.2, 0.25) is 0 Å². The minimum atomic E-state index is -0.281. The molecule has 0 saturated heterocycles. The van der Waals surface area contributed by atoms with E-state index >= 15 is 0 Å². The molecule has 3 rings (SSSR count). The van der Waals surface area contributed by atoms with Crippen molar-refractivity contribution in [3.8, 4) is 5.75 Å². The van der Waals surface area contributed by atoms with E-state index in [0.29, 0.717) is 30.3 Å². The zero-order valence-corrected chi connectivity index (χ0v) is 14.0. The number of benzene rings is 1. The van der Waals surface area contributed by atoms with Gasteiger partial charge in [-0.15, -0.1) is 0 Å². The fourth-order valence-electron chi connectivity index (χ4n) is 2.57. The number of para-hydroxylation sites is 2. The predicted molar refractivity (Wildman–Crippen MR) is 90.7 cm³/mol. The fraction of sp³-hybridized carbons (Fsp3) is 0.333. The first-order chi connectivity index (χ1) is 12.2. The van der Waals surface area contributed by atoms with Crippen molar-refractivity contribution in [2.45, 2.75) is 13.0 Å². The van der Waals surface area contributed by atoms with E-state index in [-0.39, 0.29) is 30.7 Å². The number of fused-ring (bicyclic) bond motifs is 1. The summed E-state index contributed by atoms with van der Waals surface area (Å²) in [6.07, 6.45) is 0.731. The highest BCUT2D eigenvalue weighted by Gasteiger charge is 2.26. The van der Waals surface area contributed by atoms with Crippen molar-refractivity contribution in [1.82, 2.24) is 5.32 Å². The Morgan fingerprint density at radius 2 is 2.12 bits per heavy atom. The van der Waals surface area contributed by atoms with E-state index in [1.807, 2.05) is 24.3 Å². The maximum Gasteiger partial charge on any atom is 0.286 e. The number of carbonyl (C=O) groups is 2. The second-order valence-electron chi connectivity index (χ2n) is 5.60. The summed E-state index contributed by atoms with van der Waals surface area (Å²) in [5, 5.41) is 2.76. The van der Waals surface area contributed by atoms with Gasteiger partial charge in [-0.2, -0.15) is 0 Å². The van der Waals surface area contributed by atoms with Gasteiger partial charge in [-0.1, -0.05) is 12.1 Å². The van der Waals surface area contributed by atoms with Crippen LogP contribution in [0, 0.1) is 0 Å². The molecule has 1 aliphatic rings. The van der Waals surface area contributed by atoms with E-state index in [1.54, 1.807) is 24.1 Å². The number of carbonyl (C=O) groups excluding carboxylic acids is 2. The van der Waals surface area contributed by atoms with E-state index in [1.165, 1.54) is 0 Å². The standard InChI is InChI=1S/C18H20N2O5/c1-23-10-4-9-19-18(22)16-8-7-13(25-16)11-20-14-5-2-3-6-15(14)24-12-17(20)21/h2-3,5-8H,4,9-12H2,1H3,(H,19,22). The smallest absolute Gasteiger partial charge is 0.286 e. The molecule has 1 N–H and O–H groups in total. The van der Waals surface area contributed by atoms with Crippen LogP contribution in [0.15, 0.2) is 40.8 Å². The van der Waals surface area contributed by atoms with Crippen LogP contribution in [0.25, 0.3) is 0 Å². The molecule has 0 unspecified atom stereocenters. The number of hydrogen-bond donors (Lipinski definition) is 1. The molecular weight excluding hydrogens is 324 g/mol. The van der Waals surface area contributed by atoms with Crippen molar-refractivity contribution in [2.24, 2.45) is 0 Å². The summed E-state index contributed by atoms with van der Waals surface area (Å²) in [6, 6.07) is 10.6. The molecule has 132 valence electrons. The van der Waals surface area contributed by atoms with Crippen molar-refractivity contribution in [3.05, 3.63) is 47.9 Å². The first-order valence-electron chi connectivity index (χ1n) is 8.07. The number of nitrogens with one attached hydrogen (secondary N) is 1. The second-order valence-corrected chi connectivity index (χ2v) is 5.60. The van der Waals surface area contributed by atoms with Gasteiger partial charge in [-0.05, 0) is 30.7 Å². The van der Waals surface area contributed by atoms with Crippen LogP contribution in [0.4, 0.5) is 5.69 Å². The van der Waals surface area contributed by atoms with Gasteiger partial charge >= 0.3 is 0 Å². The number of amides is 2. The molecule has 0 radical (unpaired) electrons.